The van der Waals surface area contributed by atoms with Gasteiger partial charge in [-0.2, -0.15) is 0 Å². The molecule has 15 heavy (non-hydrogen) atoms. The summed E-state index contributed by atoms with van der Waals surface area (Å²) in [5.74, 6) is 0. The summed E-state index contributed by atoms with van der Waals surface area (Å²) >= 11 is 0. The molecule has 6 nitrogen and oxygen atoms in total. The Morgan fingerprint density at radius 2 is 2.40 bits per heavy atom. The molecule has 3 rings (SSSR count). The SMILES string of the molecule is NC1OC=Cn2c1cn1c(=O)nccc21. The molecule has 2 aromatic heterocycles. The summed E-state index contributed by atoms with van der Waals surface area (Å²) in [4.78, 5) is 15.1. The van der Waals surface area contributed by atoms with Crippen molar-refractivity contribution >= 4 is 11.8 Å². The van der Waals surface area contributed by atoms with Crippen molar-refractivity contribution in [1.82, 2.24) is 14.0 Å². The van der Waals surface area contributed by atoms with E-state index < -0.39 is 6.23 Å². The molecular weight excluding hydrogens is 196 g/mol. The first-order valence-corrected chi connectivity index (χ1v) is 4.43. The molecule has 0 fully saturated rings. The van der Waals surface area contributed by atoms with Crippen molar-refractivity contribution in [1.29, 1.82) is 0 Å². The highest BCUT2D eigenvalue weighted by Gasteiger charge is 2.17. The number of hydrogen-bond acceptors (Lipinski definition) is 4. The molecule has 0 radical (unpaired) electrons. The number of fused-ring (bicyclic) bond motifs is 3. The lowest BCUT2D eigenvalue weighted by atomic mass is 10.4. The fourth-order valence-electron chi connectivity index (χ4n) is 1.68. The van der Waals surface area contributed by atoms with Crippen molar-refractivity contribution in [2.24, 2.45) is 5.73 Å². The Morgan fingerprint density at radius 3 is 3.27 bits per heavy atom. The molecule has 6 heteroatoms. The molecule has 1 atom stereocenters. The molecule has 3 heterocycles. The highest BCUT2D eigenvalue weighted by atomic mass is 16.5. The number of nitrogens with two attached hydrogens (primary N) is 1. The smallest absolute Gasteiger partial charge is 0.353 e. The molecule has 0 saturated heterocycles. The molecule has 1 aliphatic rings. The summed E-state index contributed by atoms with van der Waals surface area (Å²) in [7, 11) is 0. The van der Waals surface area contributed by atoms with Gasteiger partial charge in [0.05, 0.1) is 5.69 Å². The van der Waals surface area contributed by atoms with Gasteiger partial charge in [0, 0.05) is 18.6 Å². The first-order chi connectivity index (χ1) is 7.27. The zero-order chi connectivity index (χ0) is 10.4. The molecule has 0 aliphatic carbocycles. The minimum atomic E-state index is -0.547. The van der Waals surface area contributed by atoms with Crippen molar-refractivity contribution in [2.45, 2.75) is 6.23 Å². The number of imidazole rings is 1. The zero-order valence-electron chi connectivity index (χ0n) is 7.70. The maximum Gasteiger partial charge on any atom is 0.353 e. The number of ether oxygens (including phenoxy) is 1. The molecule has 0 saturated carbocycles. The first kappa shape index (κ1) is 8.25. The van der Waals surface area contributed by atoms with Crippen molar-refractivity contribution < 1.29 is 4.74 Å². The molecule has 0 amide bonds. The van der Waals surface area contributed by atoms with Crippen LogP contribution in [-0.2, 0) is 4.74 Å². The second kappa shape index (κ2) is 2.71. The van der Waals surface area contributed by atoms with Gasteiger partial charge in [-0.1, -0.05) is 0 Å². The molecule has 2 N–H and O–H groups in total. The molecule has 0 bridgehead atoms. The van der Waals surface area contributed by atoms with Crippen LogP contribution in [0.4, 0.5) is 0 Å². The first-order valence-electron chi connectivity index (χ1n) is 4.43. The number of hydrogen-bond donors (Lipinski definition) is 1. The maximum absolute atomic E-state index is 11.4. The summed E-state index contributed by atoms with van der Waals surface area (Å²) in [5.41, 5.74) is 6.85. The molecular formula is C9H8N4O2. The second-order valence-electron chi connectivity index (χ2n) is 3.22. The van der Waals surface area contributed by atoms with E-state index in [1.807, 2.05) is 0 Å². The Kier molecular flexibility index (Phi) is 1.49. The monoisotopic (exact) mass is 204 g/mol. The molecule has 76 valence electrons. The highest BCUT2D eigenvalue weighted by Crippen LogP contribution is 2.20. The van der Waals surface area contributed by atoms with Crippen LogP contribution in [0.3, 0.4) is 0 Å². The second-order valence-corrected chi connectivity index (χ2v) is 3.22. The molecule has 2 aromatic rings. The summed E-state index contributed by atoms with van der Waals surface area (Å²) in [6.07, 6.45) is 5.78. The summed E-state index contributed by atoms with van der Waals surface area (Å²) in [6, 6.07) is 1.74. The van der Waals surface area contributed by atoms with Crippen LogP contribution in [0.25, 0.3) is 11.8 Å². The van der Waals surface area contributed by atoms with E-state index in [2.05, 4.69) is 4.98 Å². The summed E-state index contributed by atoms with van der Waals surface area (Å²) < 4.78 is 8.36. The maximum atomic E-state index is 11.4. The lowest BCUT2D eigenvalue weighted by Crippen LogP contribution is -2.17. The van der Waals surface area contributed by atoms with Crippen LogP contribution in [0.15, 0.2) is 29.5 Å². The van der Waals surface area contributed by atoms with Crippen LogP contribution in [0.2, 0.25) is 0 Å². The fraction of sp³-hybridized carbons (Fsp3) is 0.111. The van der Waals surface area contributed by atoms with E-state index in [9.17, 15) is 4.79 Å². The van der Waals surface area contributed by atoms with Crippen LogP contribution in [0, 0.1) is 0 Å². The quantitative estimate of drug-likeness (QED) is 0.650. The molecule has 1 aliphatic heterocycles. The van der Waals surface area contributed by atoms with Gasteiger partial charge >= 0.3 is 5.69 Å². The van der Waals surface area contributed by atoms with Gasteiger partial charge in [-0.15, -0.1) is 0 Å². The lowest BCUT2D eigenvalue weighted by Gasteiger charge is -2.16. The average Bonchev–Trinajstić information content (AvgIpc) is 2.60. The van der Waals surface area contributed by atoms with Crippen molar-refractivity contribution in [3.8, 4) is 0 Å². The van der Waals surface area contributed by atoms with E-state index in [1.54, 1.807) is 23.0 Å². The van der Waals surface area contributed by atoms with Crippen molar-refractivity contribution in [2.75, 3.05) is 0 Å². The third-order valence-electron chi connectivity index (χ3n) is 2.37. The number of aromatic nitrogens is 3. The Hall–Kier alpha value is -2.08. The summed E-state index contributed by atoms with van der Waals surface area (Å²) in [5, 5.41) is 0. The Balaban J connectivity index is 2.47. The third-order valence-corrected chi connectivity index (χ3v) is 2.37. The van der Waals surface area contributed by atoms with Crippen LogP contribution < -0.4 is 11.4 Å². The van der Waals surface area contributed by atoms with E-state index in [-0.39, 0.29) is 5.69 Å². The average molecular weight is 204 g/mol. The topological polar surface area (TPSA) is 74.6 Å². The Labute approximate surface area is 84.2 Å². The Morgan fingerprint density at radius 1 is 1.53 bits per heavy atom. The lowest BCUT2D eigenvalue weighted by molar-refractivity contribution is 0.142. The highest BCUT2D eigenvalue weighted by molar-refractivity contribution is 5.50. The van der Waals surface area contributed by atoms with Crippen molar-refractivity contribution in [3.05, 3.63) is 40.9 Å². The van der Waals surface area contributed by atoms with Gasteiger partial charge in [0.2, 0.25) is 0 Å². The number of nitrogens with zero attached hydrogens (tertiary/aromatic N) is 3. The molecule has 0 aromatic carbocycles. The van der Waals surface area contributed by atoms with E-state index >= 15 is 0 Å². The van der Waals surface area contributed by atoms with Gasteiger partial charge in [-0.05, 0) is 6.07 Å². The van der Waals surface area contributed by atoms with Gasteiger partial charge in [0.25, 0.3) is 0 Å². The van der Waals surface area contributed by atoms with Gasteiger partial charge in [-0.3, -0.25) is 14.7 Å². The van der Waals surface area contributed by atoms with Gasteiger partial charge in [0.15, 0.2) is 6.23 Å². The van der Waals surface area contributed by atoms with Crippen LogP contribution in [0.5, 0.6) is 0 Å². The number of rotatable bonds is 0. The normalized spacial score (nSPS) is 18.9. The van der Waals surface area contributed by atoms with E-state index in [1.165, 1.54) is 16.9 Å². The van der Waals surface area contributed by atoms with Gasteiger partial charge in [0.1, 0.15) is 11.9 Å². The molecule has 1 unspecified atom stereocenters. The largest absolute Gasteiger partial charge is 0.476 e. The standard InChI is InChI=1S/C9H8N4O2/c10-8-6-5-13-7(1-2-11-9(13)14)12(6)3-4-15-8/h1-5,8H,10H2. The van der Waals surface area contributed by atoms with Gasteiger partial charge < -0.3 is 4.74 Å². The zero-order valence-corrected chi connectivity index (χ0v) is 7.70. The predicted octanol–water partition coefficient (Wildman–Crippen LogP) is -0.0883. The minimum Gasteiger partial charge on any atom is -0.476 e. The minimum absolute atomic E-state index is 0.324. The third kappa shape index (κ3) is 1.02. The van der Waals surface area contributed by atoms with E-state index in [4.69, 9.17) is 10.5 Å². The van der Waals surface area contributed by atoms with Gasteiger partial charge in [-0.25, -0.2) is 9.78 Å². The Bertz CT molecular complexity index is 610. The van der Waals surface area contributed by atoms with E-state index in [0.29, 0.717) is 0 Å². The van der Waals surface area contributed by atoms with Crippen LogP contribution in [-0.4, -0.2) is 14.0 Å². The fourth-order valence-corrected chi connectivity index (χ4v) is 1.68. The van der Waals surface area contributed by atoms with Crippen molar-refractivity contribution in [3.63, 3.8) is 0 Å². The van der Waals surface area contributed by atoms with Crippen LogP contribution in [0.1, 0.15) is 11.9 Å². The van der Waals surface area contributed by atoms with Crippen LogP contribution >= 0.6 is 0 Å². The molecule has 0 spiro atoms. The predicted molar refractivity (Wildman–Crippen MR) is 52.8 cm³/mol. The summed E-state index contributed by atoms with van der Waals surface area (Å²) in [6.45, 7) is 0. The van der Waals surface area contributed by atoms with E-state index in [0.717, 1.165) is 11.3 Å².